The lowest BCUT2D eigenvalue weighted by Crippen LogP contribution is -1.83. The van der Waals surface area contributed by atoms with Gasteiger partial charge in [0.15, 0.2) is 0 Å². The summed E-state index contributed by atoms with van der Waals surface area (Å²) in [7, 11) is 0. The lowest BCUT2D eigenvalue weighted by molar-refractivity contribution is 1.36. The Bertz CT molecular complexity index is 2930. The van der Waals surface area contributed by atoms with Crippen molar-refractivity contribution in [3.05, 3.63) is 107 Å². The second-order valence-corrected chi connectivity index (χ2v) is 11.4. The summed E-state index contributed by atoms with van der Waals surface area (Å²) in [6, 6.07) is 37.0. The zero-order chi connectivity index (χ0) is 29.4. The summed E-state index contributed by atoms with van der Waals surface area (Å²) >= 11 is 0. The van der Waals surface area contributed by atoms with Crippen LogP contribution in [0, 0.1) is 45.3 Å². The van der Waals surface area contributed by atoms with Crippen LogP contribution in [-0.4, -0.2) is 8.80 Å². The summed E-state index contributed by atoms with van der Waals surface area (Å²) in [5, 5.41) is 49.8. The molecule has 0 radical (unpaired) electrons. The Kier molecular flexibility index (Phi) is 3.88. The molecular formula is C38H14N6. The highest BCUT2D eigenvalue weighted by Gasteiger charge is 2.25. The third kappa shape index (κ3) is 2.46. The van der Waals surface area contributed by atoms with Crippen LogP contribution >= 0.6 is 0 Å². The first-order valence-electron chi connectivity index (χ1n) is 14.1. The van der Waals surface area contributed by atoms with Crippen LogP contribution in [0.4, 0.5) is 0 Å². The number of fused-ring (bicyclic) bond motifs is 15. The van der Waals surface area contributed by atoms with E-state index in [-0.39, 0.29) is 0 Å². The lowest BCUT2D eigenvalue weighted by Gasteiger charge is -2.07. The Balaban J connectivity index is 1.57. The molecule has 0 fully saturated rings. The van der Waals surface area contributed by atoms with Crippen LogP contribution in [0.3, 0.4) is 0 Å². The van der Waals surface area contributed by atoms with E-state index in [1.54, 1.807) is 0 Å². The topological polar surface area (TPSA) is 104 Å². The van der Waals surface area contributed by atoms with Crippen molar-refractivity contribution in [3.8, 4) is 24.3 Å². The van der Waals surface area contributed by atoms with E-state index < -0.39 is 0 Å². The van der Waals surface area contributed by atoms with Gasteiger partial charge in [0, 0.05) is 43.1 Å². The quantitative estimate of drug-likeness (QED) is 0.187. The molecule has 0 unspecified atom stereocenters. The van der Waals surface area contributed by atoms with Crippen molar-refractivity contribution in [2.24, 2.45) is 0 Å². The molecule has 0 aliphatic carbocycles. The van der Waals surface area contributed by atoms with Gasteiger partial charge in [0.1, 0.15) is 0 Å². The van der Waals surface area contributed by atoms with Crippen LogP contribution < -0.4 is 0 Å². The van der Waals surface area contributed by atoms with Crippen LogP contribution in [0.25, 0.3) is 87.0 Å². The SMILES string of the molecule is N#Cc1ccc2c3cc4c(cc5c6ccc(C#N)cc6n6c7cc(C#N)ccc7c4c56)c4c5ccc(C#N)cc5n(c2c1)c34. The number of rotatable bonds is 0. The van der Waals surface area contributed by atoms with Gasteiger partial charge in [-0.1, -0.05) is 24.3 Å². The molecule has 0 aliphatic heterocycles. The maximum atomic E-state index is 9.79. The van der Waals surface area contributed by atoms with Gasteiger partial charge in [-0.05, 0) is 71.4 Å². The Labute approximate surface area is 247 Å². The second-order valence-electron chi connectivity index (χ2n) is 11.4. The predicted octanol–water partition coefficient (Wildman–Crippen LogP) is 8.63. The Morgan fingerprint density at radius 1 is 0.341 bits per heavy atom. The van der Waals surface area contributed by atoms with Gasteiger partial charge >= 0.3 is 0 Å². The molecule has 4 aromatic heterocycles. The molecule has 4 heterocycles. The maximum Gasteiger partial charge on any atom is 0.0992 e. The Morgan fingerprint density at radius 3 is 1.00 bits per heavy atom. The number of nitrogens with zero attached hydrogens (tertiary/aromatic N) is 6. The maximum absolute atomic E-state index is 9.79. The predicted molar refractivity (Wildman–Crippen MR) is 172 cm³/mol. The van der Waals surface area contributed by atoms with Crippen LogP contribution in [0.5, 0.6) is 0 Å². The highest BCUT2D eigenvalue weighted by atomic mass is 14.9. The third-order valence-corrected chi connectivity index (χ3v) is 9.43. The number of benzene rings is 6. The van der Waals surface area contributed by atoms with Gasteiger partial charge in [0.05, 0.1) is 79.6 Å². The zero-order valence-corrected chi connectivity index (χ0v) is 22.8. The second kappa shape index (κ2) is 7.50. The number of hydrogen-bond donors (Lipinski definition) is 0. The van der Waals surface area contributed by atoms with Gasteiger partial charge in [0.25, 0.3) is 0 Å². The minimum atomic E-state index is 0.576. The van der Waals surface area contributed by atoms with Crippen molar-refractivity contribution >= 4 is 87.0 Å². The first-order chi connectivity index (χ1) is 21.6. The van der Waals surface area contributed by atoms with E-state index in [0.29, 0.717) is 22.3 Å². The van der Waals surface area contributed by atoms with Gasteiger partial charge < -0.3 is 8.80 Å². The standard InChI is InChI=1S/C38H14N6/c39-15-19-1-5-23-29-13-27-28(35-25-7-3-21(17-41)11-33(25)43(37(29)35)31(23)9-19)14-30-24-6-2-20(16-40)10-32(24)44-34-12-22(18-42)4-8-26(34)36(27)38(30)44/h1-14H. The van der Waals surface area contributed by atoms with Crippen molar-refractivity contribution in [1.82, 2.24) is 8.80 Å². The Morgan fingerprint density at radius 2 is 0.659 bits per heavy atom. The highest BCUT2D eigenvalue weighted by molar-refractivity contribution is 6.39. The molecule has 0 spiro atoms. The molecule has 6 heteroatoms. The van der Waals surface area contributed by atoms with Gasteiger partial charge in [-0.3, -0.25) is 0 Å². The minimum absolute atomic E-state index is 0.576. The molecule has 196 valence electrons. The van der Waals surface area contributed by atoms with Gasteiger partial charge in [-0.15, -0.1) is 0 Å². The molecule has 0 saturated heterocycles. The summed E-state index contributed by atoms with van der Waals surface area (Å²) in [5.74, 6) is 0. The molecule has 6 nitrogen and oxygen atoms in total. The van der Waals surface area contributed by atoms with Gasteiger partial charge in [0.2, 0.25) is 0 Å². The number of nitriles is 4. The van der Waals surface area contributed by atoms with Crippen molar-refractivity contribution < 1.29 is 0 Å². The number of hydrogen-bond acceptors (Lipinski definition) is 4. The van der Waals surface area contributed by atoms with Crippen molar-refractivity contribution in [2.75, 3.05) is 0 Å². The number of aromatic nitrogens is 2. The third-order valence-electron chi connectivity index (χ3n) is 9.43. The largest absolute Gasteiger partial charge is 0.308 e. The van der Waals surface area contributed by atoms with Gasteiger partial charge in [-0.25, -0.2) is 0 Å². The van der Waals surface area contributed by atoms with Crippen molar-refractivity contribution in [3.63, 3.8) is 0 Å². The molecule has 44 heavy (non-hydrogen) atoms. The zero-order valence-electron chi connectivity index (χ0n) is 22.8. The fraction of sp³-hybridized carbons (Fsp3) is 0. The van der Waals surface area contributed by atoms with E-state index in [9.17, 15) is 21.0 Å². The van der Waals surface area contributed by atoms with Crippen LogP contribution in [0.2, 0.25) is 0 Å². The summed E-state index contributed by atoms with van der Waals surface area (Å²) in [6.45, 7) is 0. The molecule has 0 bridgehead atoms. The highest BCUT2D eigenvalue weighted by Crippen LogP contribution is 2.49. The molecule has 0 amide bonds. The molecule has 0 N–H and O–H groups in total. The molecule has 10 aromatic rings. The lowest BCUT2D eigenvalue weighted by atomic mass is 9.94. The summed E-state index contributed by atoms with van der Waals surface area (Å²) in [5.41, 5.74) is 8.16. The average Bonchev–Trinajstić information content (AvgIpc) is 3.79. The van der Waals surface area contributed by atoms with E-state index in [2.05, 4.69) is 45.2 Å². The van der Waals surface area contributed by atoms with E-state index in [4.69, 9.17) is 0 Å². The fourth-order valence-electron chi connectivity index (χ4n) is 7.70. The average molecular weight is 555 g/mol. The first kappa shape index (κ1) is 22.8. The monoisotopic (exact) mass is 554 g/mol. The molecule has 6 aromatic carbocycles. The summed E-state index contributed by atoms with van der Waals surface area (Å²) in [6.07, 6.45) is 0. The van der Waals surface area contributed by atoms with Crippen LogP contribution in [-0.2, 0) is 0 Å². The van der Waals surface area contributed by atoms with E-state index in [1.165, 1.54) is 0 Å². The Hall–Kier alpha value is -6.86. The smallest absolute Gasteiger partial charge is 0.0992 e. The van der Waals surface area contributed by atoms with E-state index in [1.807, 2.05) is 72.8 Å². The molecule has 0 atom stereocenters. The summed E-state index contributed by atoms with van der Waals surface area (Å²) in [4.78, 5) is 0. The minimum Gasteiger partial charge on any atom is -0.308 e. The van der Waals surface area contributed by atoms with Crippen molar-refractivity contribution in [2.45, 2.75) is 0 Å². The van der Waals surface area contributed by atoms with Gasteiger partial charge in [-0.2, -0.15) is 21.0 Å². The molecular weight excluding hydrogens is 540 g/mol. The van der Waals surface area contributed by atoms with Crippen molar-refractivity contribution in [1.29, 1.82) is 21.0 Å². The van der Waals surface area contributed by atoms with E-state index in [0.717, 1.165) is 87.0 Å². The molecule has 0 aliphatic rings. The van der Waals surface area contributed by atoms with E-state index >= 15 is 0 Å². The van der Waals surface area contributed by atoms with Crippen LogP contribution in [0.15, 0.2) is 84.9 Å². The summed E-state index contributed by atoms with van der Waals surface area (Å²) < 4.78 is 4.41. The fourth-order valence-corrected chi connectivity index (χ4v) is 7.70. The normalized spacial score (nSPS) is 12.0. The molecule has 10 rings (SSSR count). The molecule has 0 saturated carbocycles. The van der Waals surface area contributed by atoms with Crippen LogP contribution in [0.1, 0.15) is 22.3 Å². The first-order valence-corrected chi connectivity index (χ1v) is 14.1.